The summed E-state index contributed by atoms with van der Waals surface area (Å²) in [5.41, 5.74) is 9.54. The predicted octanol–water partition coefficient (Wildman–Crippen LogP) is 4.66. The van der Waals surface area contributed by atoms with Crippen molar-refractivity contribution < 1.29 is 9.21 Å². The number of rotatable bonds is 3. The standard InChI is InChI=1S/C24H20ClN3O3/c25-18-2-1-3-19-21(18)23(30)22-20(31-19)12-17(24(26)27-22)15-4-6-16(7-5-15)28-10-8-14(13-29)9-11-28/h1-7,12-14H,8-11H2,(H2,26,27). The molecule has 1 aliphatic heterocycles. The van der Waals surface area contributed by atoms with Crippen LogP contribution in [0.5, 0.6) is 0 Å². The minimum Gasteiger partial charge on any atom is -0.454 e. The third-order valence-corrected chi connectivity index (χ3v) is 6.24. The molecular formula is C24H20ClN3O3. The molecule has 0 spiro atoms. The van der Waals surface area contributed by atoms with Crippen LogP contribution in [-0.4, -0.2) is 24.4 Å². The lowest BCUT2D eigenvalue weighted by molar-refractivity contribution is -0.111. The number of hydrogen-bond donors (Lipinski definition) is 1. The van der Waals surface area contributed by atoms with Gasteiger partial charge in [-0.3, -0.25) is 4.79 Å². The zero-order valence-corrected chi connectivity index (χ0v) is 17.4. The highest BCUT2D eigenvalue weighted by atomic mass is 35.5. The molecule has 7 heteroatoms. The van der Waals surface area contributed by atoms with Crippen molar-refractivity contribution in [3.05, 3.63) is 63.8 Å². The van der Waals surface area contributed by atoms with E-state index in [0.717, 1.165) is 43.5 Å². The van der Waals surface area contributed by atoms with E-state index >= 15 is 0 Å². The first-order valence-electron chi connectivity index (χ1n) is 10.2. The van der Waals surface area contributed by atoms with Crippen LogP contribution < -0.4 is 16.1 Å². The van der Waals surface area contributed by atoms with Crippen LogP contribution in [0.1, 0.15) is 12.8 Å². The van der Waals surface area contributed by atoms with Gasteiger partial charge < -0.3 is 19.8 Å². The SMILES string of the molecule is Nc1nc2c(=O)c3c(Cl)cccc3oc2cc1-c1ccc(N2CCC(C=O)CC2)cc1. The molecule has 1 saturated heterocycles. The van der Waals surface area contributed by atoms with Gasteiger partial charge in [-0.2, -0.15) is 0 Å². The topological polar surface area (TPSA) is 89.4 Å². The summed E-state index contributed by atoms with van der Waals surface area (Å²) >= 11 is 6.18. The van der Waals surface area contributed by atoms with Crippen molar-refractivity contribution in [3.8, 4) is 11.1 Å². The summed E-state index contributed by atoms with van der Waals surface area (Å²) in [5.74, 6) is 0.422. The summed E-state index contributed by atoms with van der Waals surface area (Å²) in [7, 11) is 0. The maximum Gasteiger partial charge on any atom is 0.220 e. The first-order chi connectivity index (χ1) is 15.0. The van der Waals surface area contributed by atoms with Gasteiger partial charge in [0.05, 0.1) is 10.4 Å². The van der Waals surface area contributed by atoms with Crippen LogP contribution in [0, 0.1) is 5.92 Å². The van der Waals surface area contributed by atoms with Crippen molar-refractivity contribution in [1.82, 2.24) is 4.98 Å². The van der Waals surface area contributed by atoms with Crippen LogP contribution in [0.4, 0.5) is 11.5 Å². The monoisotopic (exact) mass is 433 g/mol. The fourth-order valence-electron chi connectivity index (χ4n) is 4.17. The summed E-state index contributed by atoms with van der Waals surface area (Å²) in [5, 5.41) is 0.629. The molecule has 31 heavy (non-hydrogen) atoms. The first-order valence-corrected chi connectivity index (χ1v) is 10.5. The molecule has 0 saturated carbocycles. The smallest absolute Gasteiger partial charge is 0.220 e. The lowest BCUT2D eigenvalue weighted by atomic mass is 9.98. The second-order valence-corrected chi connectivity index (χ2v) is 8.23. The van der Waals surface area contributed by atoms with Crippen LogP contribution in [0.2, 0.25) is 5.02 Å². The summed E-state index contributed by atoms with van der Waals surface area (Å²) in [6.45, 7) is 1.73. The fourth-order valence-corrected chi connectivity index (χ4v) is 4.42. The number of nitrogens with two attached hydrogens (primary N) is 1. The Labute approximate surface area is 183 Å². The highest BCUT2D eigenvalue weighted by molar-refractivity contribution is 6.35. The summed E-state index contributed by atoms with van der Waals surface area (Å²) in [6, 6.07) is 14.9. The molecule has 0 radical (unpaired) electrons. The lowest BCUT2D eigenvalue weighted by Gasteiger charge is -2.31. The Bertz CT molecular complexity index is 1360. The van der Waals surface area contributed by atoms with Crippen molar-refractivity contribution >= 4 is 51.5 Å². The van der Waals surface area contributed by atoms with E-state index in [9.17, 15) is 9.59 Å². The van der Waals surface area contributed by atoms with Crippen molar-refractivity contribution in [2.24, 2.45) is 5.92 Å². The van der Waals surface area contributed by atoms with E-state index in [1.54, 1.807) is 24.3 Å². The summed E-state index contributed by atoms with van der Waals surface area (Å²) in [6.07, 6.45) is 2.82. The van der Waals surface area contributed by atoms with E-state index in [1.807, 2.05) is 24.3 Å². The minimum atomic E-state index is -0.297. The maximum atomic E-state index is 12.9. The molecule has 2 N–H and O–H groups in total. The average molecular weight is 434 g/mol. The third kappa shape index (κ3) is 3.43. The van der Waals surface area contributed by atoms with Crippen molar-refractivity contribution in [1.29, 1.82) is 0 Å². The van der Waals surface area contributed by atoms with Gasteiger partial charge in [-0.25, -0.2) is 4.98 Å². The molecule has 1 aliphatic rings. The average Bonchev–Trinajstić information content (AvgIpc) is 2.80. The van der Waals surface area contributed by atoms with Gasteiger partial charge in [0.15, 0.2) is 11.1 Å². The summed E-state index contributed by atoms with van der Waals surface area (Å²) in [4.78, 5) is 30.5. The number of nitrogen functional groups attached to an aromatic ring is 1. The van der Waals surface area contributed by atoms with Gasteiger partial charge in [-0.15, -0.1) is 0 Å². The second-order valence-electron chi connectivity index (χ2n) is 7.82. The van der Waals surface area contributed by atoms with E-state index in [2.05, 4.69) is 9.88 Å². The van der Waals surface area contributed by atoms with Gasteiger partial charge in [0.25, 0.3) is 0 Å². The molecule has 156 valence electrons. The number of hydrogen-bond acceptors (Lipinski definition) is 6. The molecule has 3 heterocycles. The Morgan fingerprint density at radius 1 is 1.10 bits per heavy atom. The van der Waals surface area contributed by atoms with E-state index in [1.165, 1.54) is 0 Å². The Morgan fingerprint density at radius 3 is 2.55 bits per heavy atom. The number of carbonyl (C=O) groups is 1. The highest BCUT2D eigenvalue weighted by Crippen LogP contribution is 2.32. The van der Waals surface area contributed by atoms with Crippen LogP contribution in [0.15, 0.2) is 57.7 Å². The van der Waals surface area contributed by atoms with Gasteiger partial charge >= 0.3 is 0 Å². The van der Waals surface area contributed by atoms with Crippen molar-refractivity contribution in [3.63, 3.8) is 0 Å². The van der Waals surface area contributed by atoms with E-state index < -0.39 is 0 Å². The number of carbonyl (C=O) groups excluding carboxylic acids is 1. The van der Waals surface area contributed by atoms with Gasteiger partial charge in [-0.1, -0.05) is 29.8 Å². The Kier molecular flexibility index (Phi) is 4.87. The normalized spacial score (nSPS) is 14.9. The predicted molar refractivity (Wildman–Crippen MR) is 124 cm³/mol. The Hall–Kier alpha value is -3.38. The van der Waals surface area contributed by atoms with Gasteiger partial charge in [0.1, 0.15) is 17.7 Å². The number of anilines is 2. The number of aromatic nitrogens is 1. The van der Waals surface area contributed by atoms with Gasteiger partial charge in [0.2, 0.25) is 5.43 Å². The molecule has 0 aliphatic carbocycles. The molecule has 4 aromatic rings. The Balaban J connectivity index is 1.53. The van der Waals surface area contributed by atoms with Crippen LogP contribution in [-0.2, 0) is 4.79 Å². The van der Waals surface area contributed by atoms with Gasteiger partial charge in [0, 0.05) is 30.3 Å². The lowest BCUT2D eigenvalue weighted by Crippen LogP contribution is -2.33. The molecule has 2 aromatic carbocycles. The number of aldehydes is 1. The van der Waals surface area contributed by atoms with E-state index in [0.29, 0.717) is 27.1 Å². The molecule has 2 aromatic heterocycles. The largest absolute Gasteiger partial charge is 0.454 e. The molecule has 0 amide bonds. The molecule has 6 nitrogen and oxygen atoms in total. The molecule has 5 rings (SSSR count). The number of nitrogens with zero attached hydrogens (tertiary/aromatic N) is 2. The van der Waals surface area contributed by atoms with Gasteiger partial charge in [-0.05, 0) is 48.7 Å². The van der Waals surface area contributed by atoms with Crippen LogP contribution in [0.25, 0.3) is 33.2 Å². The van der Waals surface area contributed by atoms with Crippen molar-refractivity contribution in [2.75, 3.05) is 23.7 Å². The van der Waals surface area contributed by atoms with Crippen LogP contribution in [0.3, 0.4) is 0 Å². The second kappa shape index (κ2) is 7.71. The van der Waals surface area contributed by atoms with Crippen LogP contribution >= 0.6 is 11.6 Å². The van der Waals surface area contributed by atoms with Crippen molar-refractivity contribution in [2.45, 2.75) is 12.8 Å². The number of benzene rings is 2. The highest BCUT2D eigenvalue weighted by Gasteiger charge is 2.19. The molecule has 0 bridgehead atoms. The zero-order chi connectivity index (χ0) is 21.5. The number of piperidine rings is 1. The number of halogens is 1. The molecular weight excluding hydrogens is 414 g/mol. The van der Waals surface area contributed by atoms with E-state index in [-0.39, 0.29) is 22.7 Å². The number of pyridine rings is 1. The molecule has 0 unspecified atom stereocenters. The Morgan fingerprint density at radius 2 is 1.84 bits per heavy atom. The maximum absolute atomic E-state index is 12.9. The van der Waals surface area contributed by atoms with E-state index in [4.69, 9.17) is 21.8 Å². The first kappa shape index (κ1) is 19.6. The minimum absolute atomic E-state index is 0.163. The zero-order valence-electron chi connectivity index (χ0n) is 16.7. The molecule has 1 fully saturated rings. The molecule has 0 atom stereocenters. The third-order valence-electron chi connectivity index (χ3n) is 5.93. The quantitative estimate of drug-likeness (QED) is 0.373. The number of fused-ring (bicyclic) bond motifs is 2. The fraction of sp³-hybridized carbons (Fsp3) is 0.208. The summed E-state index contributed by atoms with van der Waals surface area (Å²) < 4.78 is 5.93.